The van der Waals surface area contributed by atoms with Gasteiger partial charge in [0.05, 0.1) is 6.54 Å². The van der Waals surface area contributed by atoms with Gasteiger partial charge in [-0.2, -0.15) is 0 Å². The van der Waals surface area contributed by atoms with Crippen LogP contribution < -0.4 is 0 Å². The lowest BCUT2D eigenvalue weighted by Gasteiger charge is -2.42. The van der Waals surface area contributed by atoms with Crippen LogP contribution in [0.25, 0.3) is 0 Å². The molecular weight excluding hydrogens is 202 g/mol. The van der Waals surface area contributed by atoms with Crippen LogP contribution in [0.5, 0.6) is 0 Å². The summed E-state index contributed by atoms with van der Waals surface area (Å²) in [5.74, 6) is -1.22. The van der Waals surface area contributed by atoms with Crippen molar-refractivity contribution < 1.29 is 24.5 Å². The van der Waals surface area contributed by atoms with Crippen molar-refractivity contribution in [1.82, 2.24) is 4.90 Å². The number of rotatable bonds is 1. The van der Waals surface area contributed by atoms with Crippen LogP contribution in [0.2, 0.25) is 0 Å². The smallest absolute Gasteiger partial charge is 0.411 e. The number of β-amino-alcohol motifs (C(OH)–C–C–N with tert-alkyl or cyclic N) is 1. The lowest BCUT2D eigenvalue weighted by atomic mass is 10.0. The molecule has 0 radical (unpaired) electrons. The summed E-state index contributed by atoms with van der Waals surface area (Å²) in [5, 5.41) is 17.9. The molecule has 1 aliphatic heterocycles. The third-order valence-electron chi connectivity index (χ3n) is 1.97. The summed E-state index contributed by atoms with van der Waals surface area (Å²) in [6.45, 7) is 5.08. The number of carbonyl (C=O) groups excluding carboxylic acids is 1. The van der Waals surface area contributed by atoms with Gasteiger partial charge in [0.15, 0.2) is 6.04 Å². The molecule has 86 valence electrons. The van der Waals surface area contributed by atoms with Crippen molar-refractivity contribution in [2.45, 2.75) is 38.5 Å². The Kier molecular flexibility index (Phi) is 2.90. The maximum absolute atomic E-state index is 11.4. The number of amides is 1. The van der Waals surface area contributed by atoms with Gasteiger partial charge in [-0.3, -0.25) is 4.90 Å². The van der Waals surface area contributed by atoms with E-state index >= 15 is 0 Å². The molecule has 0 aliphatic carbocycles. The minimum Gasteiger partial charge on any atom is -0.480 e. The maximum atomic E-state index is 11.4. The van der Waals surface area contributed by atoms with Gasteiger partial charge < -0.3 is 14.9 Å². The lowest BCUT2D eigenvalue weighted by molar-refractivity contribution is -0.158. The van der Waals surface area contributed by atoms with Crippen LogP contribution >= 0.6 is 0 Å². The molecule has 0 aromatic carbocycles. The van der Waals surface area contributed by atoms with E-state index in [2.05, 4.69) is 0 Å². The molecule has 0 bridgehead atoms. The van der Waals surface area contributed by atoms with Gasteiger partial charge in [-0.05, 0) is 20.8 Å². The number of hydrogen-bond acceptors (Lipinski definition) is 4. The molecule has 1 heterocycles. The average Bonchev–Trinajstić information content (AvgIpc) is 1.94. The number of carbonyl (C=O) groups is 2. The fourth-order valence-electron chi connectivity index (χ4n) is 1.29. The second-order valence-electron chi connectivity index (χ2n) is 4.48. The third kappa shape index (κ3) is 2.59. The maximum Gasteiger partial charge on any atom is 0.411 e. The largest absolute Gasteiger partial charge is 0.480 e. The predicted octanol–water partition coefficient (Wildman–Crippen LogP) is 0.0512. The van der Waals surface area contributed by atoms with E-state index in [1.807, 2.05) is 0 Å². The van der Waals surface area contributed by atoms with Crippen LogP contribution in [0.15, 0.2) is 0 Å². The summed E-state index contributed by atoms with van der Waals surface area (Å²) in [5.41, 5.74) is -0.666. The second kappa shape index (κ2) is 3.69. The van der Waals surface area contributed by atoms with Gasteiger partial charge >= 0.3 is 12.1 Å². The lowest BCUT2D eigenvalue weighted by Crippen LogP contribution is -2.66. The number of hydrogen-bond donors (Lipinski definition) is 2. The summed E-state index contributed by atoms with van der Waals surface area (Å²) in [6.07, 6.45) is -1.71. The summed E-state index contributed by atoms with van der Waals surface area (Å²) in [4.78, 5) is 23.1. The fraction of sp³-hybridized carbons (Fsp3) is 0.778. The van der Waals surface area contributed by atoms with Crippen LogP contribution in [0.3, 0.4) is 0 Å². The van der Waals surface area contributed by atoms with E-state index in [1.54, 1.807) is 20.8 Å². The summed E-state index contributed by atoms with van der Waals surface area (Å²) in [6, 6.07) is -1.18. The normalized spacial score (nSPS) is 25.7. The number of aliphatic hydroxyl groups is 1. The van der Waals surface area contributed by atoms with Crippen LogP contribution in [-0.2, 0) is 9.53 Å². The standard InChI is InChI=1S/C9H15NO5/c1-9(2,3)15-8(14)10-4-5(11)6(10)7(12)13/h5-6,11H,4H2,1-3H3,(H,12,13)/t5-,6-/m1/s1. The first-order chi connectivity index (χ1) is 6.72. The molecule has 0 unspecified atom stereocenters. The Balaban J connectivity index is 2.59. The molecule has 6 heteroatoms. The van der Waals surface area contributed by atoms with Crippen molar-refractivity contribution in [3.63, 3.8) is 0 Å². The van der Waals surface area contributed by atoms with Crippen molar-refractivity contribution in [3.05, 3.63) is 0 Å². The number of aliphatic carboxylic acids is 1. The minimum absolute atomic E-state index is 0.00583. The van der Waals surface area contributed by atoms with Crippen LogP contribution in [0, 0.1) is 0 Å². The molecule has 15 heavy (non-hydrogen) atoms. The average molecular weight is 217 g/mol. The summed E-state index contributed by atoms with van der Waals surface area (Å²) in [7, 11) is 0. The van der Waals surface area contributed by atoms with E-state index in [0.717, 1.165) is 4.90 Å². The zero-order valence-corrected chi connectivity index (χ0v) is 8.93. The first-order valence-corrected chi connectivity index (χ1v) is 4.63. The highest BCUT2D eigenvalue weighted by molar-refractivity contribution is 5.83. The van der Waals surface area contributed by atoms with Crippen molar-refractivity contribution in [2.24, 2.45) is 0 Å². The number of carboxylic acids is 1. The van der Waals surface area contributed by atoms with E-state index in [0.29, 0.717) is 0 Å². The zero-order chi connectivity index (χ0) is 11.8. The highest BCUT2D eigenvalue weighted by Gasteiger charge is 2.47. The van der Waals surface area contributed by atoms with Gasteiger partial charge in [0.2, 0.25) is 0 Å². The monoisotopic (exact) mass is 217 g/mol. The van der Waals surface area contributed by atoms with Crippen molar-refractivity contribution in [3.8, 4) is 0 Å². The Bertz CT molecular complexity index is 283. The van der Waals surface area contributed by atoms with Gasteiger partial charge in [-0.25, -0.2) is 9.59 Å². The van der Waals surface area contributed by atoms with E-state index in [4.69, 9.17) is 14.9 Å². The minimum atomic E-state index is -1.22. The first-order valence-electron chi connectivity index (χ1n) is 4.63. The topological polar surface area (TPSA) is 87.1 Å². The second-order valence-corrected chi connectivity index (χ2v) is 4.48. The van der Waals surface area contributed by atoms with E-state index in [9.17, 15) is 9.59 Å². The molecule has 1 fully saturated rings. The highest BCUT2D eigenvalue weighted by Crippen LogP contribution is 2.21. The van der Waals surface area contributed by atoms with Crippen LogP contribution in [0.4, 0.5) is 4.79 Å². The first kappa shape index (κ1) is 11.8. The zero-order valence-electron chi connectivity index (χ0n) is 8.93. The quantitative estimate of drug-likeness (QED) is 0.648. The molecule has 1 saturated heterocycles. The third-order valence-corrected chi connectivity index (χ3v) is 1.97. The van der Waals surface area contributed by atoms with Gasteiger partial charge in [-0.15, -0.1) is 0 Å². The molecule has 1 amide bonds. The Morgan fingerprint density at radius 2 is 1.93 bits per heavy atom. The number of likely N-dealkylation sites (tertiary alicyclic amines) is 1. The molecule has 0 aromatic rings. The van der Waals surface area contributed by atoms with Crippen molar-refractivity contribution in [2.75, 3.05) is 6.54 Å². The molecule has 6 nitrogen and oxygen atoms in total. The highest BCUT2D eigenvalue weighted by atomic mass is 16.6. The van der Waals surface area contributed by atoms with E-state index in [-0.39, 0.29) is 6.54 Å². The Morgan fingerprint density at radius 3 is 2.27 bits per heavy atom. The van der Waals surface area contributed by atoms with Gasteiger partial charge in [0.1, 0.15) is 11.7 Å². The van der Waals surface area contributed by atoms with Crippen molar-refractivity contribution >= 4 is 12.1 Å². The van der Waals surface area contributed by atoms with Crippen LogP contribution in [-0.4, -0.2) is 51.5 Å². The van der Waals surface area contributed by atoms with E-state index < -0.39 is 29.8 Å². The molecule has 0 aromatic heterocycles. The van der Waals surface area contributed by atoms with Gasteiger partial charge in [0.25, 0.3) is 0 Å². The molecule has 2 N–H and O–H groups in total. The summed E-state index contributed by atoms with van der Waals surface area (Å²) < 4.78 is 4.98. The molecule has 0 spiro atoms. The molecule has 1 aliphatic rings. The van der Waals surface area contributed by atoms with Crippen LogP contribution in [0.1, 0.15) is 20.8 Å². The number of nitrogens with zero attached hydrogens (tertiary/aromatic N) is 1. The number of carboxylic acid groups (broad SMARTS) is 1. The Morgan fingerprint density at radius 1 is 1.40 bits per heavy atom. The van der Waals surface area contributed by atoms with E-state index in [1.165, 1.54) is 0 Å². The van der Waals surface area contributed by atoms with Crippen molar-refractivity contribution in [1.29, 1.82) is 0 Å². The summed E-state index contributed by atoms with van der Waals surface area (Å²) >= 11 is 0. The molecule has 1 rings (SSSR count). The van der Waals surface area contributed by atoms with Gasteiger partial charge in [-0.1, -0.05) is 0 Å². The Hall–Kier alpha value is -1.30. The molecule has 0 saturated carbocycles. The molecule has 2 atom stereocenters. The predicted molar refractivity (Wildman–Crippen MR) is 50.4 cm³/mol. The molecular formula is C9H15NO5. The van der Waals surface area contributed by atoms with Gasteiger partial charge in [0, 0.05) is 0 Å². The fourth-order valence-corrected chi connectivity index (χ4v) is 1.29. The SMILES string of the molecule is CC(C)(C)OC(=O)N1C[C@@H](O)[C@@H]1C(=O)O. The number of ether oxygens (including phenoxy) is 1. The number of aliphatic hydroxyl groups excluding tert-OH is 1. The Labute approximate surface area is 87.4 Å².